The number of nitrogens with one attached hydrogen (secondary N) is 2. The molecule has 2 bridgehead atoms. The number of hydrogen-bond acceptors (Lipinski definition) is 3. The average Bonchev–Trinajstić information content (AvgIpc) is 3.09. The molecule has 4 N–H and O–H groups in total. The van der Waals surface area contributed by atoms with Crippen molar-refractivity contribution < 1.29 is 4.79 Å². The van der Waals surface area contributed by atoms with Crippen LogP contribution in [0.4, 0.5) is 5.69 Å². The second-order valence-corrected chi connectivity index (χ2v) is 6.77. The van der Waals surface area contributed by atoms with Gasteiger partial charge in [0.2, 0.25) is 0 Å². The molecule has 4 atom stereocenters. The Morgan fingerprint density at radius 3 is 2.71 bits per heavy atom. The number of carbonyl (C=O) groups is 1. The third-order valence-corrected chi connectivity index (χ3v) is 5.44. The average molecular weight is 287 g/mol. The van der Waals surface area contributed by atoms with Crippen molar-refractivity contribution in [1.29, 1.82) is 0 Å². The number of benzene rings is 1. The topological polar surface area (TPSA) is 67.2 Å². The Bertz CT molecular complexity index is 543. The number of carbonyl (C=O) groups excluding carboxylic acids is 1. The summed E-state index contributed by atoms with van der Waals surface area (Å²) in [6, 6.07) is 5.83. The first-order chi connectivity index (χ1) is 10.1. The SMILES string of the molecule is Cc1cc(C(=O)NC(C)C2CC3CCC2C3)ccc1NN. The van der Waals surface area contributed by atoms with Gasteiger partial charge in [-0.05, 0) is 74.6 Å². The molecular weight excluding hydrogens is 262 g/mol. The molecule has 21 heavy (non-hydrogen) atoms. The minimum absolute atomic E-state index is 0.0249. The molecule has 1 amide bonds. The second kappa shape index (κ2) is 5.68. The van der Waals surface area contributed by atoms with Crippen molar-refractivity contribution in [3.8, 4) is 0 Å². The summed E-state index contributed by atoms with van der Waals surface area (Å²) < 4.78 is 0. The summed E-state index contributed by atoms with van der Waals surface area (Å²) in [6.07, 6.45) is 5.42. The lowest BCUT2D eigenvalue weighted by Gasteiger charge is -2.28. The minimum atomic E-state index is 0.0249. The zero-order valence-corrected chi connectivity index (χ0v) is 12.9. The Hall–Kier alpha value is -1.55. The number of aryl methyl sites for hydroxylation is 1. The zero-order chi connectivity index (χ0) is 15.0. The lowest BCUT2D eigenvalue weighted by atomic mass is 9.84. The highest BCUT2D eigenvalue weighted by Gasteiger charge is 2.42. The Labute approximate surface area is 126 Å². The number of rotatable bonds is 4. The number of nitrogens with two attached hydrogens (primary N) is 1. The predicted octanol–water partition coefficient (Wildman–Crippen LogP) is 2.84. The van der Waals surface area contributed by atoms with Gasteiger partial charge in [0.15, 0.2) is 0 Å². The fourth-order valence-corrected chi connectivity index (χ4v) is 4.27. The summed E-state index contributed by atoms with van der Waals surface area (Å²) in [5.41, 5.74) is 5.18. The van der Waals surface area contributed by atoms with Gasteiger partial charge in [0.05, 0.1) is 5.69 Å². The molecule has 0 heterocycles. The van der Waals surface area contributed by atoms with Crippen molar-refractivity contribution in [2.45, 2.75) is 45.6 Å². The van der Waals surface area contributed by atoms with Crippen molar-refractivity contribution >= 4 is 11.6 Å². The zero-order valence-electron chi connectivity index (χ0n) is 12.9. The first-order valence-electron chi connectivity index (χ1n) is 7.96. The smallest absolute Gasteiger partial charge is 0.251 e. The van der Waals surface area contributed by atoms with Gasteiger partial charge in [0.25, 0.3) is 5.91 Å². The molecule has 2 aliphatic carbocycles. The van der Waals surface area contributed by atoms with E-state index in [0.717, 1.165) is 23.1 Å². The minimum Gasteiger partial charge on any atom is -0.349 e. The molecule has 1 aromatic carbocycles. The molecule has 114 valence electrons. The maximum absolute atomic E-state index is 12.4. The fraction of sp³-hybridized carbons (Fsp3) is 0.588. The Balaban J connectivity index is 1.64. The summed E-state index contributed by atoms with van der Waals surface area (Å²) in [4.78, 5) is 12.4. The van der Waals surface area contributed by atoms with Crippen molar-refractivity contribution in [2.75, 3.05) is 5.43 Å². The van der Waals surface area contributed by atoms with E-state index in [1.807, 2.05) is 25.1 Å². The lowest BCUT2D eigenvalue weighted by molar-refractivity contribution is 0.0915. The van der Waals surface area contributed by atoms with Gasteiger partial charge in [-0.2, -0.15) is 0 Å². The van der Waals surface area contributed by atoms with Crippen LogP contribution in [-0.2, 0) is 0 Å². The molecule has 1 aromatic rings. The number of fused-ring (bicyclic) bond motifs is 2. The maximum atomic E-state index is 12.4. The van der Waals surface area contributed by atoms with E-state index >= 15 is 0 Å². The molecule has 2 saturated carbocycles. The van der Waals surface area contributed by atoms with E-state index in [1.165, 1.54) is 25.7 Å². The van der Waals surface area contributed by atoms with Crippen LogP contribution in [0.5, 0.6) is 0 Å². The Morgan fingerprint density at radius 1 is 1.33 bits per heavy atom. The van der Waals surface area contributed by atoms with Gasteiger partial charge in [-0.15, -0.1) is 0 Å². The second-order valence-electron chi connectivity index (χ2n) is 6.77. The van der Waals surface area contributed by atoms with E-state index in [2.05, 4.69) is 17.7 Å². The van der Waals surface area contributed by atoms with Gasteiger partial charge in [0, 0.05) is 11.6 Å². The standard InChI is InChI=1S/C17H25N3O/c1-10-7-14(5-6-16(10)20-18)17(21)19-11(2)15-9-12-3-4-13(15)8-12/h5-7,11-13,15,20H,3-4,8-9,18H2,1-2H3,(H,19,21). The van der Waals surface area contributed by atoms with Crippen molar-refractivity contribution in [3.05, 3.63) is 29.3 Å². The van der Waals surface area contributed by atoms with E-state index in [9.17, 15) is 4.79 Å². The highest BCUT2D eigenvalue weighted by molar-refractivity contribution is 5.95. The van der Waals surface area contributed by atoms with Gasteiger partial charge in [-0.1, -0.05) is 6.42 Å². The van der Waals surface area contributed by atoms with Crippen molar-refractivity contribution in [3.63, 3.8) is 0 Å². The van der Waals surface area contributed by atoms with E-state index in [1.54, 1.807) is 0 Å². The Kier molecular flexibility index (Phi) is 3.89. The van der Waals surface area contributed by atoms with Crippen LogP contribution in [0.25, 0.3) is 0 Å². The molecule has 2 fully saturated rings. The summed E-state index contributed by atoms with van der Waals surface area (Å²) in [5, 5.41) is 3.20. The number of hydrogen-bond donors (Lipinski definition) is 3. The number of hydrazine groups is 1. The van der Waals surface area contributed by atoms with Crippen LogP contribution < -0.4 is 16.6 Å². The van der Waals surface area contributed by atoms with Gasteiger partial charge >= 0.3 is 0 Å². The van der Waals surface area contributed by atoms with Crippen LogP contribution in [-0.4, -0.2) is 11.9 Å². The molecule has 0 saturated heterocycles. The first-order valence-corrected chi connectivity index (χ1v) is 7.96. The largest absolute Gasteiger partial charge is 0.349 e. The first kappa shape index (κ1) is 14.4. The normalized spacial score (nSPS) is 28.4. The number of anilines is 1. The molecule has 0 aromatic heterocycles. The van der Waals surface area contributed by atoms with Crippen LogP contribution in [0.3, 0.4) is 0 Å². The van der Waals surface area contributed by atoms with E-state index in [4.69, 9.17) is 5.84 Å². The highest BCUT2D eigenvalue weighted by Crippen LogP contribution is 2.49. The monoisotopic (exact) mass is 287 g/mol. The van der Waals surface area contributed by atoms with Crippen LogP contribution in [0.2, 0.25) is 0 Å². The molecular formula is C17H25N3O. The van der Waals surface area contributed by atoms with Crippen LogP contribution in [0.1, 0.15) is 48.5 Å². The summed E-state index contributed by atoms with van der Waals surface area (Å²) in [5.74, 6) is 7.86. The molecule has 3 rings (SSSR count). The van der Waals surface area contributed by atoms with Gasteiger partial charge in [-0.25, -0.2) is 0 Å². The van der Waals surface area contributed by atoms with Crippen LogP contribution in [0, 0.1) is 24.7 Å². The van der Waals surface area contributed by atoms with E-state index in [0.29, 0.717) is 11.5 Å². The van der Waals surface area contributed by atoms with Gasteiger partial charge in [0.1, 0.15) is 0 Å². The van der Waals surface area contributed by atoms with Gasteiger partial charge < -0.3 is 10.7 Å². The molecule has 4 heteroatoms. The number of nitrogen functional groups attached to an aromatic ring is 1. The highest BCUT2D eigenvalue weighted by atomic mass is 16.1. The lowest BCUT2D eigenvalue weighted by Crippen LogP contribution is -2.40. The van der Waals surface area contributed by atoms with Crippen molar-refractivity contribution in [1.82, 2.24) is 5.32 Å². The molecule has 0 aliphatic heterocycles. The van der Waals surface area contributed by atoms with Crippen LogP contribution in [0.15, 0.2) is 18.2 Å². The predicted molar refractivity (Wildman–Crippen MR) is 84.9 cm³/mol. The molecule has 4 unspecified atom stereocenters. The van der Waals surface area contributed by atoms with E-state index < -0.39 is 0 Å². The Morgan fingerprint density at radius 2 is 2.14 bits per heavy atom. The molecule has 4 nitrogen and oxygen atoms in total. The number of amides is 1. The van der Waals surface area contributed by atoms with Crippen LogP contribution >= 0.6 is 0 Å². The summed E-state index contributed by atoms with van der Waals surface area (Å²) in [7, 11) is 0. The third kappa shape index (κ3) is 2.77. The maximum Gasteiger partial charge on any atom is 0.251 e. The molecule has 0 radical (unpaired) electrons. The third-order valence-electron chi connectivity index (χ3n) is 5.44. The van der Waals surface area contributed by atoms with Crippen molar-refractivity contribution in [2.24, 2.45) is 23.6 Å². The molecule has 2 aliphatic rings. The fourth-order valence-electron chi connectivity index (χ4n) is 4.27. The summed E-state index contributed by atoms with van der Waals surface area (Å²) >= 11 is 0. The van der Waals surface area contributed by atoms with E-state index in [-0.39, 0.29) is 11.9 Å². The van der Waals surface area contributed by atoms with Gasteiger partial charge in [-0.3, -0.25) is 10.6 Å². The summed E-state index contributed by atoms with van der Waals surface area (Å²) in [6.45, 7) is 4.11. The quantitative estimate of drug-likeness (QED) is 0.589. The molecule has 0 spiro atoms.